The molecule has 3 aliphatic rings. The molecule has 3 aliphatic heterocycles. The first-order valence-electron chi connectivity index (χ1n) is 10.5. The summed E-state index contributed by atoms with van der Waals surface area (Å²) in [6, 6.07) is 5.91. The van der Waals surface area contributed by atoms with E-state index in [1.54, 1.807) is 28.4 Å². The second kappa shape index (κ2) is 9.81. The Bertz CT molecular complexity index is 854. The van der Waals surface area contributed by atoms with Gasteiger partial charge in [0.2, 0.25) is 11.8 Å². The molecule has 2 unspecified atom stereocenters. The van der Waals surface area contributed by atoms with Gasteiger partial charge in [0.15, 0.2) is 0 Å². The summed E-state index contributed by atoms with van der Waals surface area (Å²) in [7, 11) is 0. The highest BCUT2D eigenvalue weighted by Crippen LogP contribution is 2.35. The van der Waals surface area contributed by atoms with E-state index in [1.165, 1.54) is 0 Å². The van der Waals surface area contributed by atoms with Crippen molar-refractivity contribution in [2.75, 3.05) is 18.1 Å². The van der Waals surface area contributed by atoms with Crippen molar-refractivity contribution in [1.29, 1.82) is 0 Å². The van der Waals surface area contributed by atoms with Crippen LogP contribution in [0.4, 0.5) is 0 Å². The molecule has 2 saturated heterocycles. The molecule has 1 aromatic rings. The number of esters is 1. The van der Waals surface area contributed by atoms with Crippen LogP contribution >= 0.6 is 23.5 Å². The van der Waals surface area contributed by atoms with Gasteiger partial charge in [-0.05, 0) is 17.5 Å². The lowest BCUT2D eigenvalue weighted by atomic mass is 9.92. The molecule has 0 spiro atoms. The third kappa shape index (κ3) is 5.19. The molecule has 2 fully saturated rings. The fourth-order valence-electron chi connectivity index (χ4n) is 4.11. The molecule has 8 nitrogen and oxygen atoms in total. The molecule has 0 saturated carbocycles. The minimum absolute atomic E-state index is 0.198. The van der Waals surface area contributed by atoms with Crippen LogP contribution in [0, 0.1) is 0 Å². The first kappa shape index (κ1) is 22.4. The summed E-state index contributed by atoms with van der Waals surface area (Å²) in [5.74, 6) is 0.385. The van der Waals surface area contributed by atoms with E-state index >= 15 is 0 Å². The van der Waals surface area contributed by atoms with Gasteiger partial charge in [-0.3, -0.25) is 9.59 Å². The summed E-state index contributed by atoms with van der Waals surface area (Å²) in [5, 5.41) is 2.76. The third-order valence-corrected chi connectivity index (χ3v) is 8.97. The Hall–Kier alpha value is -1.75. The summed E-state index contributed by atoms with van der Waals surface area (Å²) in [6.45, 7) is 0.620. The molecule has 1 aromatic carbocycles. The number of hydrogen-bond donors (Lipinski definition) is 3. The molecule has 0 aliphatic carbocycles. The van der Waals surface area contributed by atoms with Gasteiger partial charge in [0, 0.05) is 36.9 Å². The van der Waals surface area contributed by atoms with Gasteiger partial charge in [-0.1, -0.05) is 24.3 Å². The molecule has 0 bridgehead atoms. The lowest BCUT2D eigenvalue weighted by Crippen LogP contribution is -2.58. The van der Waals surface area contributed by atoms with Crippen molar-refractivity contribution in [1.82, 2.24) is 10.2 Å². The Balaban J connectivity index is 1.45. The van der Waals surface area contributed by atoms with Gasteiger partial charge in [0.05, 0.1) is 17.2 Å². The van der Waals surface area contributed by atoms with Crippen molar-refractivity contribution in [2.24, 2.45) is 11.5 Å². The van der Waals surface area contributed by atoms with Crippen LogP contribution in [0.1, 0.15) is 24.0 Å². The summed E-state index contributed by atoms with van der Waals surface area (Å²) in [4.78, 5) is 39.7. The van der Waals surface area contributed by atoms with E-state index in [-0.39, 0.29) is 17.9 Å². The van der Waals surface area contributed by atoms with Crippen molar-refractivity contribution in [2.45, 2.75) is 54.6 Å². The Labute approximate surface area is 190 Å². The molecule has 168 valence electrons. The van der Waals surface area contributed by atoms with Gasteiger partial charge in [-0.2, -0.15) is 0 Å². The molecule has 5 N–H and O–H groups in total. The molecule has 0 aromatic heterocycles. The number of carbonyl (C=O) groups excluding carboxylic acids is 3. The quantitative estimate of drug-likeness (QED) is 0.510. The third-order valence-electron chi connectivity index (χ3n) is 5.86. The molecular formula is C21H28N4O4S2. The van der Waals surface area contributed by atoms with Gasteiger partial charge in [0.25, 0.3) is 0 Å². The smallest absolute Gasteiger partial charge is 0.328 e. The fourth-order valence-corrected chi connectivity index (χ4v) is 6.89. The SMILES string of the molecule is NC1CSC(SC[C@H](N)C(=O)N2Cc3ccccc3C[C@H]2C(=O)N[C@H]2CCOC2=O)C1. The minimum atomic E-state index is -0.709. The minimum Gasteiger partial charge on any atom is -0.464 e. The van der Waals surface area contributed by atoms with E-state index in [1.807, 2.05) is 24.3 Å². The highest BCUT2D eigenvalue weighted by molar-refractivity contribution is 8.17. The highest BCUT2D eigenvalue weighted by atomic mass is 32.2. The number of nitrogens with zero attached hydrogens (tertiary/aromatic N) is 1. The number of fused-ring (bicyclic) bond motifs is 1. The standard InChI is InChI=1S/C21H28N4O4S2/c22-14-8-18(30-10-14)31-11-15(23)20(27)25-9-13-4-2-1-3-12(13)7-17(25)19(26)24-16-5-6-29-21(16)28/h1-4,14-18H,5-11,22-23H2,(H,24,26)/t14?,15-,16-,17-,18?/m0/s1. The lowest BCUT2D eigenvalue weighted by Gasteiger charge is -2.37. The number of carbonyl (C=O) groups is 3. The number of thioether (sulfide) groups is 2. The van der Waals surface area contributed by atoms with Crippen molar-refractivity contribution >= 4 is 41.3 Å². The van der Waals surface area contributed by atoms with E-state index in [4.69, 9.17) is 16.2 Å². The average molecular weight is 465 g/mol. The summed E-state index contributed by atoms with van der Waals surface area (Å²) in [5.41, 5.74) is 14.3. The monoisotopic (exact) mass is 464 g/mol. The fraction of sp³-hybridized carbons (Fsp3) is 0.571. The van der Waals surface area contributed by atoms with Crippen molar-refractivity contribution in [3.05, 3.63) is 35.4 Å². The predicted octanol–water partition coefficient (Wildman–Crippen LogP) is 0.222. The molecule has 2 amide bonds. The number of hydrogen-bond acceptors (Lipinski definition) is 8. The maximum atomic E-state index is 13.3. The van der Waals surface area contributed by atoms with Crippen LogP contribution in [-0.2, 0) is 32.1 Å². The number of benzene rings is 1. The molecule has 4 rings (SSSR count). The zero-order chi connectivity index (χ0) is 22.0. The second-order valence-electron chi connectivity index (χ2n) is 8.17. The highest BCUT2D eigenvalue weighted by Gasteiger charge is 2.39. The first-order chi connectivity index (χ1) is 14.9. The summed E-state index contributed by atoms with van der Waals surface area (Å²) in [6.07, 6.45) is 1.75. The molecule has 0 radical (unpaired) electrons. The summed E-state index contributed by atoms with van der Waals surface area (Å²) < 4.78 is 5.29. The first-order valence-corrected chi connectivity index (χ1v) is 12.6. The number of nitrogens with one attached hydrogen (secondary N) is 1. The number of cyclic esters (lactones) is 1. The molecule has 10 heteroatoms. The Morgan fingerprint density at radius 3 is 2.77 bits per heavy atom. The van der Waals surface area contributed by atoms with Crippen molar-refractivity contribution < 1.29 is 19.1 Å². The molecule has 5 atom stereocenters. The molecule has 3 heterocycles. The average Bonchev–Trinajstić information content (AvgIpc) is 3.38. The Morgan fingerprint density at radius 1 is 1.32 bits per heavy atom. The largest absolute Gasteiger partial charge is 0.464 e. The van der Waals surface area contributed by atoms with Crippen LogP contribution in [0.25, 0.3) is 0 Å². The van der Waals surface area contributed by atoms with Crippen LogP contribution in [0.5, 0.6) is 0 Å². The maximum absolute atomic E-state index is 13.3. The zero-order valence-corrected chi connectivity index (χ0v) is 18.8. The predicted molar refractivity (Wildman–Crippen MR) is 121 cm³/mol. The van der Waals surface area contributed by atoms with E-state index < -0.39 is 24.1 Å². The normalized spacial score (nSPS) is 28.7. The Kier molecular flexibility index (Phi) is 7.10. The van der Waals surface area contributed by atoms with Crippen LogP contribution in [0.15, 0.2) is 24.3 Å². The number of rotatable bonds is 6. The van der Waals surface area contributed by atoms with Gasteiger partial charge in [-0.25, -0.2) is 4.79 Å². The lowest BCUT2D eigenvalue weighted by molar-refractivity contribution is -0.145. The summed E-state index contributed by atoms with van der Waals surface area (Å²) >= 11 is 3.46. The van der Waals surface area contributed by atoms with E-state index in [0.29, 0.717) is 36.3 Å². The van der Waals surface area contributed by atoms with E-state index in [0.717, 1.165) is 23.3 Å². The van der Waals surface area contributed by atoms with Gasteiger partial charge >= 0.3 is 5.97 Å². The van der Waals surface area contributed by atoms with Crippen molar-refractivity contribution in [3.8, 4) is 0 Å². The van der Waals surface area contributed by atoms with Gasteiger partial charge in [-0.15, -0.1) is 23.5 Å². The van der Waals surface area contributed by atoms with Gasteiger partial charge in [0.1, 0.15) is 12.1 Å². The van der Waals surface area contributed by atoms with Crippen LogP contribution in [0.3, 0.4) is 0 Å². The van der Waals surface area contributed by atoms with E-state index in [2.05, 4.69) is 5.32 Å². The molecular weight excluding hydrogens is 436 g/mol. The number of ether oxygens (including phenoxy) is 1. The van der Waals surface area contributed by atoms with Crippen LogP contribution in [-0.4, -0.2) is 69.5 Å². The molecule has 31 heavy (non-hydrogen) atoms. The van der Waals surface area contributed by atoms with Crippen LogP contribution in [0.2, 0.25) is 0 Å². The zero-order valence-electron chi connectivity index (χ0n) is 17.2. The number of nitrogens with two attached hydrogens (primary N) is 2. The second-order valence-corrected chi connectivity index (χ2v) is 10.9. The number of amides is 2. The van der Waals surface area contributed by atoms with Crippen molar-refractivity contribution in [3.63, 3.8) is 0 Å². The van der Waals surface area contributed by atoms with Crippen LogP contribution < -0.4 is 16.8 Å². The topological polar surface area (TPSA) is 128 Å². The Morgan fingerprint density at radius 2 is 2.10 bits per heavy atom. The van der Waals surface area contributed by atoms with E-state index in [9.17, 15) is 14.4 Å². The van der Waals surface area contributed by atoms with Gasteiger partial charge < -0.3 is 26.4 Å². The maximum Gasteiger partial charge on any atom is 0.328 e.